The molecule has 7 nitrogen and oxygen atoms in total. The molecule has 0 aromatic carbocycles. The van der Waals surface area contributed by atoms with Gasteiger partial charge in [-0.2, -0.15) is 0 Å². The molecule has 0 bridgehead atoms. The number of nitrogens with one attached hydrogen (secondary N) is 2. The van der Waals surface area contributed by atoms with Gasteiger partial charge in [0.1, 0.15) is 6.54 Å². The van der Waals surface area contributed by atoms with E-state index in [1.807, 2.05) is 13.0 Å². The van der Waals surface area contributed by atoms with E-state index < -0.39 is 6.03 Å². The van der Waals surface area contributed by atoms with Gasteiger partial charge in [-0.15, -0.1) is 11.8 Å². The molecule has 1 aliphatic rings. The van der Waals surface area contributed by atoms with E-state index in [9.17, 15) is 14.4 Å². The Labute approximate surface area is 126 Å². The van der Waals surface area contributed by atoms with Gasteiger partial charge in [0, 0.05) is 13.0 Å². The number of amides is 4. The highest BCUT2D eigenvalue weighted by molar-refractivity contribution is 7.99. The Bertz CT molecular complexity index is 547. The predicted octanol–water partition coefficient (Wildman–Crippen LogP) is 1.07. The molecule has 1 aromatic rings. The van der Waals surface area contributed by atoms with Gasteiger partial charge in [0.15, 0.2) is 0 Å². The number of nitrogens with zero attached hydrogens (tertiary/aromatic N) is 2. The van der Waals surface area contributed by atoms with Crippen molar-refractivity contribution in [2.75, 3.05) is 24.2 Å². The molecule has 1 saturated heterocycles. The molecule has 8 heteroatoms. The summed E-state index contributed by atoms with van der Waals surface area (Å²) in [6.45, 7) is 2.20. The number of carbonyl (C=O) groups excluding carboxylic acids is 3. The van der Waals surface area contributed by atoms with E-state index in [1.165, 1.54) is 4.90 Å². The molecular formula is C13H16N4O3S. The summed E-state index contributed by atoms with van der Waals surface area (Å²) in [4.78, 5) is 39.9. The molecule has 0 spiro atoms. The van der Waals surface area contributed by atoms with Crippen molar-refractivity contribution in [1.82, 2.24) is 15.2 Å². The highest BCUT2D eigenvalue weighted by atomic mass is 32.2. The summed E-state index contributed by atoms with van der Waals surface area (Å²) < 4.78 is 0. The lowest BCUT2D eigenvalue weighted by Crippen LogP contribution is -2.51. The van der Waals surface area contributed by atoms with E-state index in [0.29, 0.717) is 5.69 Å². The van der Waals surface area contributed by atoms with Crippen LogP contribution >= 0.6 is 11.8 Å². The average molecular weight is 308 g/mol. The third-order valence-electron chi connectivity index (χ3n) is 2.79. The van der Waals surface area contributed by atoms with Gasteiger partial charge in [-0.1, -0.05) is 6.92 Å². The van der Waals surface area contributed by atoms with Crippen molar-refractivity contribution in [3.8, 4) is 0 Å². The number of rotatable bonds is 5. The lowest BCUT2D eigenvalue weighted by Gasteiger charge is -2.25. The summed E-state index contributed by atoms with van der Waals surface area (Å²) in [6.07, 6.45) is 1.79. The van der Waals surface area contributed by atoms with Crippen molar-refractivity contribution in [2.45, 2.75) is 18.4 Å². The molecular weight excluding hydrogens is 292 g/mol. The topological polar surface area (TPSA) is 91.4 Å². The molecule has 2 rings (SSSR count). The van der Waals surface area contributed by atoms with E-state index >= 15 is 0 Å². The zero-order valence-corrected chi connectivity index (χ0v) is 12.4. The normalized spacial score (nSPS) is 14.8. The van der Waals surface area contributed by atoms with Gasteiger partial charge in [-0.05, 0) is 17.9 Å². The van der Waals surface area contributed by atoms with Crippen LogP contribution in [-0.2, 0) is 9.59 Å². The number of thioether (sulfide) groups is 1. The quantitative estimate of drug-likeness (QED) is 0.794. The monoisotopic (exact) mass is 308 g/mol. The van der Waals surface area contributed by atoms with E-state index in [2.05, 4.69) is 15.6 Å². The Morgan fingerprint density at radius 1 is 1.48 bits per heavy atom. The number of aromatic nitrogens is 1. The Balaban J connectivity index is 1.86. The van der Waals surface area contributed by atoms with Crippen molar-refractivity contribution in [1.29, 1.82) is 0 Å². The maximum atomic E-state index is 11.9. The van der Waals surface area contributed by atoms with Crippen LogP contribution in [-0.4, -0.2) is 46.6 Å². The lowest BCUT2D eigenvalue weighted by molar-refractivity contribution is -0.123. The Hall–Kier alpha value is -2.09. The van der Waals surface area contributed by atoms with Crippen LogP contribution in [0.25, 0.3) is 0 Å². The van der Waals surface area contributed by atoms with Crippen LogP contribution in [0, 0.1) is 0 Å². The minimum Gasteiger partial charge on any atom is -0.323 e. The second-order valence-corrected chi connectivity index (χ2v) is 5.68. The Morgan fingerprint density at radius 3 is 2.90 bits per heavy atom. The summed E-state index contributed by atoms with van der Waals surface area (Å²) in [5.74, 6) is 0.295. The van der Waals surface area contributed by atoms with E-state index in [1.54, 1.807) is 24.0 Å². The van der Waals surface area contributed by atoms with Crippen LogP contribution in [0.5, 0.6) is 0 Å². The van der Waals surface area contributed by atoms with E-state index in [4.69, 9.17) is 0 Å². The molecule has 2 heterocycles. The molecule has 1 aromatic heterocycles. The Kier molecular flexibility index (Phi) is 5.15. The first kappa shape index (κ1) is 15.3. The molecule has 112 valence electrons. The maximum absolute atomic E-state index is 11.9. The summed E-state index contributed by atoms with van der Waals surface area (Å²) in [7, 11) is 0. The molecule has 0 unspecified atom stereocenters. The second-order valence-electron chi connectivity index (χ2n) is 4.39. The van der Waals surface area contributed by atoms with Crippen LogP contribution in [0.3, 0.4) is 0 Å². The van der Waals surface area contributed by atoms with Crippen molar-refractivity contribution in [3.63, 3.8) is 0 Å². The van der Waals surface area contributed by atoms with Gasteiger partial charge in [0.2, 0.25) is 11.8 Å². The van der Waals surface area contributed by atoms with Crippen molar-refractivity contribution < 1.29 is 14.4 Å². The fraction of sp³-hybridized carbons (Fsp3) is 0.385. The molecule has 1 aliphatic heterocycles. The van der Waals surface area contributed by atoms with Crippen molar-refractivity contribution in [2.24, 2.45) is 0 Å². The third-order valence-corrected chi connectivity index (χ3v) is 3.62. The van der Waals surface area contributed by atoms with Gasteiger partial charge in [-0.25, -0.2) is 9.78 Å². The second kappa shape index (κ2) is 7.07. The first-order valence-corrected chi connectivity index (χ1v) is 7.54. The number of hydrogen-bond donors (Lipinski definition) is 2. The Morgan fingerprint density at radius 2 is 2.29 bits per heavy atom. The molecule has 0 saturated carbocycles. The van der Waals surface area contributed by atoms with Gasteiger partial charge in [-0.3, -0.25) is 14.9 Å². The maximum Gasteiger partial charge on any atom is 0.324 e. The summed E-state index contributed by atoms with van der Waals surface area (Å²) in [5.41, 5.74) is 0.578. The number of anilines is 1. The van der Waals surface area contributed by atoms with Crippen LogP contribution in [0.2, 0.25) is 0 Å². The summed E-state index contributed by atoms with van der Waals surface area (Å²) in [5, 5.41) is 5.74. The molecule has 4 amide bonds. The first-order valence-electron chi connectivity index (χ1n) is 6.56. The third kappa shape index (κ3) is 4.45. The summed E-state index contributed by atoms with van der Waals surface area (Å²) >= 11 is 1.61. The molecule has 0 atom stereocenters. The zero-order chi connectivity index (χ0) is 15.2. The van der Waals surface area contributed by atoms with Crippen molar-refractivity contribution in [3.05, 3.63) is 18.3 Å². The number of hydrogen-bond acceptors (Lipinski definition) is 5. The minimum atomic E-state index is -0.533. The molecule has 2 N–H and O–H groups in total. The molecule has 1 fully saturated rings. The van der Waals surface area contributed by atoms with Crippen LogP contribution in [0.1, 0.15) is 13.3 Å². The minimum absolute atomic E-state index is 0.0927. The number of carbonyl (C=O) groups is 3. The molecule has 0 aliphatic carbocycles. The van der Waals surface area contributed by atoms with Gasteiger partial charge in [0.25, 0.3) is 0 Å². The fourth-order valence-corrected chi connectivity index (χ4v) is 2.40. The fourth-order valence-electron chi connectivity index (χ4n) is 1.81. The van der Waals surface area contributed by atoms with Crippen LogP contribution < -0.4 is 10.6 Å². The highest BCUT2D eigenvalue weighted by Gasteiger charge is 2.24. The smallest absolute Gasteiger partial charge is 0.323 e. The van der Waals surface area contributed by atoms with Crippen LogP contribution in [0.4, 0.5) is 10.5 Å². The molecule has 21 heavy (non-hydrogen) atoms. The summed E-state index contributed by atoms with van der Waals surface area (Å²) in [6, 6.07) is 3.06. The standard InChI is InChI=1S/C13H16N4O3S/c1-2-21-12-4-3-9(7-14-12)15-11(19)8-17-6-5-10(18)16-13(17)20/h3-4,7H,2,5-6,8H2,1H3,(H,15,19)(H,16,18,20). The number of imide groups is 1. The van der Waals surface area contributed by atoms with E-state index in [0.717, 1.165) is 10.8 Å². The molecule has 0 radical (unpaired) electrons. The van der Waals surface area contributed by atoms with Gasteiger partial charge in [0.05, 0.1) is 16.9 Å². The van der Waals surface area contributed by atoms with E-state index in [-0.39, 0.29) is 31.3 Å². The number of urea groups is 1. The van der Waals surface area contributed by atoms with Gasteiger partial charge >= 0.3 is 6.03 Å². The van der Waals surface area contributed by atoms with Crippen LogP contribution in [0.15, 0.2) is 23.4 Å². The average Bonchev–Trinajstić information content (AvgIpc) is 2.44. The van der Waals surface area contributed by atoms with Gasteiger partial charge < -0.3 is 10.2 Å². The zero-order valence-electron chi connectivity index (χ0n) is 11.6. The largest absolute Gasteiger partial charge is 0.324 e. The SMILES string of the molecule is CCSc1ccc(NC(=O)CN2CCC(=O)NC2=O)cn1. The number of pyridine rings is 1. The van der Waals surface area contributed by atoms with Crippen molar-refractivity contribution >= 4 is 35.3 Å². The first-order chi connectivity index (χ1) is 10.1. The highest BCUT2D eigenvalue weighted by Crippen LogP contribution is 2.16. The predicted molar refractivity (Wildman–Crippen MR) is 79.0 cm³/mol. The lowest BCUT2D eigenvalue weighted by atomic mass is 10.3.